The highest BCUT2D eigenvalue weighted by Crippen LogP contribution is 2.21. The molecule has 1 aliphatic heterocycles. The van der Waals surface area contributed by atoms with Crippen LogP contribution in [0, 0.1) is 0 Å². The minimum absolute atomic E-state index is 0.125. The van der Waals surface area contributed by atoms with Crippen LogP contribution < -0.4 is 10.1 Å². The second kappa shape index (κ2) is 6.88. The lowest BCUT2D eigenvalue weighted by atomic mass is 10.2. The number of benzene rings is 1. The second-order valence-corrected chi connectivity index (χ2v) is 5.33. The molecule has 0 spiro atoms. The first kappa shape index (κ1) is 15.0. The van der Waals surface area contributed by atoms with E-state index in [0.29, 0.717) is 13.2 Å². The molecule has 0 bridgehead atoms. The van der Waals surface area contributed by atoms with E-state index >= 15 is 0 Å². The maximum atomic E-state index is 5.74. The van der Waals surface area contributed by atoms with Crippen LogP contribution in [0.5, 0.6) is 5.75 Å². The maximum Gasteiger partial charge on any atom is 0.163 e. The standard InChI is InChI=1S/C16H23NO3/c1-4-9-18-14-7-5-13(6-8-14)10-17-11-15-12-19-16(2,3)20-15/h4-8,15,17H,1,9-12H2,2-3H3. The zero-order chi connectivity index (χ0) is 14.4. The van der Waals surface area contributed by atoms with E-state index < -0.39 is 5.79 Å². The molecule has 20 heavy (non-hydrogen) atoms. The summed E-state index contributed by atoms with van der Waals surface area (Å²) in [5.74, 6) is 0.416. The third-order valence-corrected chi connectivity index (χ3v) is 3.06. The van der Waals surface area contributed by atoms with Crippen molar-refractivity contribution in [2.24, 2.45) is 0 Å². The largest absolute Gasteiger partial charge is 0.490 e. The van der Waals surface area contributed by atoms with Gasteiger partial charge in [-0.2, -0.15) is 0 Å². The van der Waals surface area contributed by atoms with Crippen molar-refractivity contribution in [3.63, 3.8) is 0 Å². The molecule has 1 aliphatic rings. The van der Waals surface area contributed by atoms with Crippen LogP contribution in [0.3, 0.4) is 0 Å². The summed E-state index contributed by atoms with van der Waals surface area (Å²) in [5, 5.41) is 3.38. The molecule has 0 aromatic heterocycles. The van der Waals surface area contributed by atoms with E-state index in [-0.39, 0.29) is 6.10 Å². The second-order valence-electron chi connectivity index (χ2n) is 5.33. The molecule has 1 N–H and O–H groups in total. The molecular weight excluding hydrogens is 254 g/mol. The topological polar surface area (TPSA) is 39.7 Å². The van der Waals surface area contributed by atoms with Gasteiger partial charge in [-0.1, -0.05) is 24.8 Å². The summed E-state index contributed by atoms with van der Waals surface area (Å²) < 4.78 is 16.7. The van der Waals surface area contributed by atoms with Crippen LogP contribution in [-0.4, -0.2) is 31.6 Å². The van der Waals surface area contributed by atoms with Gasteiger partial charge in [0.15, 0.2) is 5.79 Å². The first-order valence-electron chi connectivity index (χ1n) is 6.94. The summed E-state index contributed by atoms with van der Waals surface area (Å²) >= 11 is 0. The molecule has 4 nitrogen and oxygen atoms in total. The number of ether oxygens (including phenoxy) is 3. The van der Waals surface area contributed by atoms with Gasteiger partial charge in [0.1, 0.15) is 12.4 Å². The molecule has 1 atom stereocenters. The highest BCUT2D eigenvalue weighted by molar-refractivity contribution is 5.27. The summed E-state index contributed by atoms with van der Waals surface area (Å²) in [6, 6.07) is 8.06. The fraction of sp³-hybridized carbons (Fsp3) is 0.500. The molecule has 1 aromatic rings. The quantitative estimate of drug-likeness (QED) is 0.777. The molecule has 1 aromatic carbocycles. The highest BCUT2D eigenvalue weighted by Gasteiger charge is 2.32. The molecule has 1 fully saturated rings. The van der Waals surface area contributed by atoms with Crippen LogP contribution in [0.25, 0.3) is 0 Å². The van der Waals surface area contributed by atoms with Crippen molar-refractivity contribution >= 4 is 0 Å². The van der Waals surface area contributed by atoms with Gasteiger partial charge in [0.2, 0.25) is 0 Å². The molecule has 0 saturated carbocycles. The number of rotatable bonds is 7. The van der Waals surface area contributed by atoms with Gasteiger partial charge in [0, 0.05) is 13.1 Å². The van der Waals surface area contributed by atoms with Crippen LogP contribution in [0.2, 0.25) is 0 Å². The lowest BCUT2D eigenvalue weighted by molar-refractivity contribution is -0.137. The molecule has 110 valence electrons. The Morgan fingerprint density at radius 2 is 2.15 bits per heavy atom. The Bertz CT molecular complexity index is 428. The first-order valence-corrected chi connectivity index (χ1v) is 6.94. The maximum absolute atomic E-state index is 5.74. The average molecular weight is 277 g/mol. The lowest BCUT2D eigenvalue weighted by Crippen LogP contribution is -2.30. The van der Waals surface area contributed by atoms with Gasteiger partial charge >= 0.3 is 0 Å². The summed E-state index contributed by atoms with van der Waals surface area (Å²) in [6.07, 6.45) is 1.86. The van der Waals surface area contributed by atoms with Gasteiger partial charge in [-0.25, -0.2) is 0 Å². The Balaban J connectivity index is 1.70. The van der Waals surface area contributed by atoms with Crippen molar-refractivity contribution in [2.75, 3.05) is 19.8 Å². The van der Waals surface area contributed by atoms with Crippen molar-refractivity contribution in [1.82, 2.24) is 5.32 Å². The molecule has 1 unspecified atom stereocenters. The number of hydrogen-bond acceptors (Lipinski definition) is 4. The number of nitrogens with one attached hydrogen (secondary N) is 1. The third-order valence-electron chi connectivity index (χ3n) is 3.06. The van der Waals surface area contributed by atoms with E-state index in [0.717, 1.165) is 18.8 Å². The Hall–Kier alpha value is -1.36. The van der Waals surface area contributed by atoms with Gasteiger partial charge in [-0.15, -0.1) is 0 Å². The summed E-state index contributed by atoms with van der Waals surface area (Å²) in [7, 11) is 0. The Kier molecular flexibility index (Phi) is 5.17. The summed E-state index contributed by atoms with van der Waals surface area (Å²) in [4.78, 5) is 0. The zero-order valence-electron chi connectivity index (χ0n) is 12.2. The predicted octanol–water partition coefficient (Wildman–Crippen LogP) is 2.49. The summed E-state index contributed by atoms with van der Waals surface area (Å²) in [6.45, 7) is 10.3. The van der Waals surface area contributed by atoms with Gasteiger partial charge in [0.25, 0.3) is 0 Å². The van der Waals surface area contributed by atoms with Crippen LogP contribution >= 0.6 is 0 Å². The Labute approximate surface area is 120 Å². The lowest BCUT2D eigenvalue weighted by Gasteiger charge is -2.17. The predicted molar refractivity (Wildman–Crippen MR) is 78.7 cm³/mol. The van der Waals surface area contributed by atoms with Crippen LogP contribution in [0.15, 0.2) is 36.9 Å². The van der Waals surface area contributed by atoms with Crippen LogP contribution in [-0.2, 0) is 16.0 Å². The van der Waals surface area contributed by atoms with Gasteiger partial charge < -0.3 is 19.5 Å². The minimum atomic E-state index is -0.448. The molecular formula is C16H23NO3. The molecule has 0 aliphatic carbocycles. The van der Waals surface area contributed by atoms with Crippen LogP contribution in [0.1, 0.15) is 19.4 Å². The SMILES string of the molecule is C=CCOc1ccc(CNCC2COC(C)(C)O2)cc1. The van der Waals surface area contributed by atoms with Crippen molar-refractivity contribution in [3.05, 3.63) is 42.5 Å². The van der Waals surface area contributed by atoms with Crippen molar-refractivity contribution in [3.8, 4) is 5.75 Å². The Morgan fingerprint density at radius 1 is 1.40 bits per heavy atom. The molecule has 1 heterocycles. The smallest absolute Gasteiger partial charge is 0.163 e. The third kappa shape index (κ3) is 4.63. The first-order chi connectivity index (χ1) is 9.59. The highest BCUT2D eigenvalue weighted by atomic mass is 16.7. The van der Waals surface area contributed by atoms with E-state index in [1.165, 1.54) is 5.56 Å². The summed E-state index contributed by atoms with van der Waals surface area (Å²) in [5.41, 5.74) is 1.22. The van der Waals surface area contributed by atoms with E-state index in [1.54, 1.807) is 6.08 Å². The van der Waals surface area contributed by atoms with Crippen molar-refractivity contribution in [2.45, 2.75) is 32.3 Å². The zero-order valence-corrected chi connectivity index (χ0v) is 12.2. The monoisotopic (exact) mass is 277 g/mol. The average Bonchev–Trinajstić information content (AvgIpc) is 2.77. The fourth-order valence-corrected chi connectivity index (χ4v) is 2.10. The Morgan fingerprint density at radius 3 is 2.75 bits per heavy atom. The van der Waals surface area contributed by atoms with Gasteiger partial charge in [-0.3, -0.25) is 0 Å². The molecule has 0 amide bonds. The van der Waals surface area contributed by atoms with E-state index in [4.69, 9.17) is 14.2 Å². The van der Waals surface area contributed by atoms with Crippen LogP contribution in [0.4, 0.5) is 0 Å². The fourth-order valence-electron chi connectivity index (χ4n) is 2.10. The molecule has 1 saturated heterocycles. The van der Waals surface area contributed by atoms with Gasteiger partial charge in [0.05, 0.1) is 12.7 Å². The minimum Gasteiger partial charge on any atom is -0.490 e. The van der Waals surface area contributed by atoms with E-state index in [2.05, 4.69) is 24.0 Å². The molecule has 0 radical (unpaired) electrons. The molecule has 2 rings (SSSR count). The number of hydrogen-bond donors (Lipinski definition) is 1. The van der Waals surface area contributed by atoms with Crippen molar-refractivity contribution in [1.29, 1.82) is 0 Å². The van der Waals surface area contributed by atoms with E-state index in [9.17, 15) is 0 Å². The van der Waals surface area contributed by atoms with E-state index in [1.807, 2.05) is 26.0 Å². The normalized spacial score (nSPS) is 20.8. The van der Waals surface area contributed by atoms with Crippen molar-refractivity contribution < 1.29 is 14.2 Å². The molecule has 4 heteroatoms. The van der Waals surface area contributed by atoms with Gasteiger partial charge in [-0.05, 0) is 31.5 Å².